The Kier molecular flexibility index (Phi) is 4.42. The highest BCUT2D eigenvalue weighted by Gasteiger charge is 2.59. The summed E-state index contributed by atoms with van der Waals surface area (Å²) < 4.78 is 0. The molecule has 0 heterocycles. The van der Waals surface area contributed by atoms with Crippen LogP contribution in [0.3, 0.4) is 0 Å². The number of hydrogen-bond donors (Lipinski definition) is 1. The molecule has 1 N–H and O–H groups in total. The molecule has 0 spiro atoms. The lowest BCUT2D eigenvalue weighted by molar-refractivity contribution is -0.0596. The second-order valence-corrected chi connectivity index (χ2v) is 11.0. The van der Waals surface area contributed by atoms with Crippen LogP contribution in [0.1, 0.15) is 86.0 Å². The van der Waals surface area contributed by atoms with E-state index >= 15 is 0 Å². The lowest BCUT2D eigenvalue weighted by Gasteiger charge is -2.58. The van der Waals surface area contributed by atoms with Crippen molar-refractivity contribution in [1.82, 2.24) is 0 Å². The summed E-state index contributed by atoms with van der Waals surface area (Å²) in [5.41, 5.74) is 2.59. The maximum atomic E-state index is 10.2. The summed E-state index contributed by atoms with van der Waals surface area (Å²) in [5.74, 6) is 5.34. The summed E-state index contributed by atoms with van der Waals surface area (Å²) >= 11 is 0. The molecule has 4 aliphatic carbocycles. The van der Waals surface area contributed by atoms with Crippen molar-refractivity contribution in [3.8, 4) is 0 Å². The molecule has 0 saturated heterocycles. The third kappa shape index (κ3) is 2.59. The van der Waals surface area contributed by atoms with Gasteiger partial charge in [0, 0.05) is 0 Å². The molecule has 0 aromatic heterocycles. The van der Waals surface area contributed by atoms with E-state index < -0.39 is 0 Å². The van der Waals surface area contributed by atoms with Gasteiger partial charge in [-0.2, -0.15) is 0 Å². The fourth-order valence-electron chi connectivity index (χ4n) is 8.01. The summed E-state index contributed by atoms with van der Waals surface area (Å²) in [7, 11) is 0. The molecule has 0 aliphatic heterocycles. The van der Waals surface area contributed by atoms with E-state index in [1.54, 1.807) is 5.57 Å². The van der Waals surface area contributed by atoms with Gasteiger partial charge in [0.1, 0.15) is 0 Å². The van der Waals surface area contributed by atoms with E-state index in [4.69, 9.17) is 0 Å². The van der Waals surface area contributed by atoms with Crippen LogP contribution >= 0.6 is 0 Å². The molecular weight excluding hydrogens is 304 g/mol. The van der Waals surface area contributed by atoms with Crippen molar-refractivity contribution in [2.75, 3.05) is 0 Å². The van der Waals surface area contributed by atoms with Crippen molar-refractivity contribution in [3.63, 3.8) is 0 Å². The molecule has 4 aliphatic rings. The van der Waals surface area contributed by atoms with Gasteiger partial charge in [0.2, 0.25) is 0 Å². The lowest BCUT2D eigenvalue weighted by atomic mass is 9.47. The van der Waals surface area contributed by atoms with Crippen LogP contribution in [0.5, 0.6) is 0 Å². The predicted molar refractivity (Wildman–Crippen MR) is 105 cm³/mol. The summed E-state index contributed by atoms with van der Waals surface area (Å²) in [5, 5.41) is 10.2. The Balaban J connectivity index is 1.62. The molecule has 4 rings (SSSR count). The van der Waals surface area contributed by atoms with Crippen LogP contribution < -0.4 is 0 Å². The molecule has 0 aromatic carbocycles. The highest BCUT2D eigenvalue weighted by atomic mass is 16.3. The first-order valence-corrected chi connectivity index (χ1v) is 11.1. The smallest absolute Gasteiger partial charge is 0.0577 e. The third-order valence-electron chi connectivity index (χ3n) is 9.84. The number of allylic oxidation sites excluding steroid dienone is 1. The minimum absolute atomic E-state index is 0.0764. The van der Waals surface area contributed by atoms with E-state index in [0.29, 0.717) is 10.8 Å². The first-order chi connectivity index (χ1) is 11.8. The average Bonchev–Trinajstić information content (AvgIpc) is 2.92. The molecular formula is C24H40O. The molecule has 142 valence electrons. The van der Waals surface area contributed by atoms with E-state index in [0.717, 1.165) is 48.3 Å². The number of aliphatic hydroxyl groups is 1. The van der Waals surface area contributed by atoms with Crippen LogP contribution in [0.15, 0.2) is 11.6 Å². The Morgan fingerprint density at radius 2 is 1.76 bits per heavy atom. The van der Waals surface area contributed by atoms with Gasteiger partial charge >= 0.3 is 0 Å². The zero-order valence-electron chi connectivity index (χ0n) is 17.2. The van der Waals surface area contributed by atoms with Crippen molar-refractivity contribution >= 4 is 0 Å². The molecule has 8 atom stereocenters. The maximum Gasteiger partial charge on any atom is 0.0577 e. The molecule has 0 radical (unpaired) electrons. The standard InChI is InChI=1S/C24H40O/c1-15(2)16(3)20-8-9-21-19-7-6-17-14-18(25)10-12-23(17,4)22(19)11-13-24(20,21)5/h6,15-16,18-22,25H,7-14H2,1-5H3/t16-,18+,19+,20-,21+,22+,23+,24-/m1/s1. The highest BCUT2D eigenvalue weighted by molar-refractivity contribution is 5.25. The predicted octanol–water partition coefficient (Wildman–Crippen LogP) is 6.22. The zero-order valence-corrected chi connectivity index (χ0v) is 17.2. The Morgan fingerprint density at radius 1 is 1.00 bits per heavy atom. The van der Waals surface area contributed by atoms with Gasteiger partial charge in [-0.3, -0.25) is 0 Å². The maximum absolute atomic E-state index is 10.2. The van der Waals surface area contributed by atoms with Crippen molar-refractivity contribution in [2.45, 2.75) is 92.1 Å². The van der Waals surface area contributed by atoms with Crippen molar-refractivity contribution < 1.29 is 5.11 Å². The van der Waals surface area contributed by atoms with E-state index in [1.807, 2.05) is 0 Å². The van der Waals surface area contributed by atoms with Crippen LogP contribution in [0.4, 0.5) is 0 Å². The van der Waals surface area contributed by atoms with Crippen LogP contribution in [0.25, 0.3) is 0 Å². The Hall–Kier alpha value is -0.300. The van der Waals surface area contributed by atoms with Crippen LogP contribution in [0.2, 0.25) is 0 Å². The fourth-order valence-corrected chi connectivity index (χ4v) is 8.01. The van der Waals surface area contributed by atoms with Gasteiger partial charge < -0.3 is 5.11 Å². The Bertz CT molecular complexity index is 548. The fraction of sp³-hybridized carbons (Fsp3) is 0.917. The van der Waals surface area contributed by atoms with Gasteiger partial charge in [-0.05, 0) is 97.7 Å². The van der Waals surface area contributed by atoms with Crippen LogP contribution in [0, 0.1) is 46.3 Å². The van der Waals surface area contributed by atoms with Crippen molar-refractivity contribution in [3.05, 3.63) is 11.6 Å². The second-order valence-electron chi connectivity index (χ2n) is 11.0. The SMILES string of the molecule is CC(C)[C@@H](C)[C@H]1CC[C@H]2[C@@H]3CC=C4C[C@@H](O)CC[C@]4(C)[C@H]3CC[C@]12C. The number of rotatable bonds is 2. The normalized spacial score (nSPS) is 50.7. The van der Waals surface area contributed by atoms with Gasteiger partial charge in [-0.25, -0.2) is 0 Å². The minimum atomic E-state index is -0.0764. The summed E-state index contributed by atoms with van der Waals surface area (Å²) in [6.45, 7) is 12.6. The monoisotopic (exact) mass is 344 g/mol. The minimum Gasteiger partial charge on any atom is -0.393 e. The number of hydrogen-bond acceptors (Lipinski definition) is 1. The first-order valence-electron chi connectivity index (χ1n) is 11.1. The van der Waals surface area contributed by atoms with E-state index in [2.05, 4.69) is 40.7 Å². The highest BCUT2D eigenvalue weighted by Crippen LogP contribution is 2.67. The lowest BCUT2D eigenvalue weighted by Crippen LogP contribution is -2.51. The summed E-state index contributed by atoms with van der Waals surface area (Å²) in [6.07, 6.45) is 12.8. The average molecular weight is 345 g/mol. The molecule has 0 unspecified atom stereocenters. The Labute approximate surface area is 155 Å². The van der Waals surface area contributed by atoms with Crippen molar-refractivity contribution in [1.29, 1.82) is 0 Å². The Morgan fingerprint density at radius 3 is 2.48 bits per heavy atom. The van der Waals surface area contributed by atoms with Crippen LogP contribution in [-0.4, -0.2) is 11.2 Å². The van der Waals surface area contributed by atoms with E-state index in [-0.39, 0.29) is 6.10 Å². The topological polar surface area (TPSA) is 20.2 Å². The van der Waals surface area contributed by atoms with Gasteiger partial charge in [-0.1, -0.05) is 46.3 Å². The van der Waals surface area contributed by atoms with Gasteiger partial charge in [-0.15, -0.1) is 0 Å². The summed E-state index contributed by atoms with van der Waals surface area (Å²) in [4.78, 5) is 0. The molecule has 1 nitrogen and oxygen atoms in total. The molecule has 1 heteroatoms. The van der Waals surface area contributed by atoms with E-state index in [9.17, 15) is 5.11 Å². The van der Waals surface area contributed by atoms with Crippen molar-refractivity contribution in [2.24, 2.45) is 46.3 Å². The second kappa shape index (κ2) is 6.11. The molecule has 3 saturated carbocycles. The molecule has 0 amide bonds. The quantitative estimate of drug-likeness (QED) is 0.590. The number of fused-ring (bicyclic) bond motifs is 5. The molecule has 0 aromatic rings. The van der Waals surface area contributed by atoms with E-state index in [1.165, 1.54) is 38.5 Å². The van der Waals surface area contributed by atoms with Gasteiger partial charge in [0.15, 0.2) is 0 Å². The third-order valence-corrected chi connectivity index (χ3v) is 9.84. The number of aliphatic hydroxyl groups excluding tert-OH is 1. The molecule has 3 fully saturated rings. The molecule has 0 bridgehead atoms. The summed E-state index contributed by atoms with van der Waals surface area (Å²) in [6, 6.07) is 0. The first kappa shape index (κ1) is 18.1. The van der Waals surface area contributed by atoms with Gasteiger partial charge in [0.05, 0.1) is 6.10 Å². The largest absolute Gasteiger partial charge is 0.393 e. The van der Waals surface area contributed by atoms with Crippen LogP contribution in [-0.2, 0) is 0 Å². The van der Waals surface area contributed by atoms with Gasteiger partial charge in [0.25, 0.3) is 0 Å². The zero-order chi connectivity index (χ0) is 18.0. The molecule has 25 heavy (non-hydrogen) atoms.